The monoisotopic (exact) mass is 216 g/mol. The number of hydrogen-bond donors (Lipinski definition) is 2. The second-order valence-corrected chi connectivity index (χ2v) is 5.14. The van der Waals surface area contributed by atoms with E-state index in [0.29, 0.717) is 0 Å². The van der Waals surface area contributed by atoms with Crippen LogP contribution in [0, 0.1) is 5.41 Å². The number of nitrogens with one attached hydrogen (secondary N) is 1. The van der Waals surface area contributed by atoms with Crippen molar-refractivity contribution in [1.82, 2.24) is 5.32 Å². The van der Waals surface area contributed by atoms with E-state index in [4.69, 9.17) is 5.73 Å². The molecule has 5 heteroatoms. The van der Waals surface area contributed by atoms with Crippen LogP contribution < -0.4 is 11.1 Å². The summed E-state index contributed by atoms with van der Waals surface area (Å²) in [6.07, 6.45) is 0.461. The molecule has 0 heterocycles. The number of hydrogen-bond acceptors (Lipinski definition) is 2. The minimum absolute atomic E-state index is 0.231. The molecule has 0 aromatic heterocycles. The van der Waals surface area contributed by atoms with Gasteiger partial charge < -0.3 is 11.1 Å². The van der Waals surface area contributed by atoms with E-state index < -0.39 is 28.9 Å². The van der Waals surface area contributed by atoms with Crippen molar-refractivity contribution in [2.24, 2.45) is 11.1 Å². The summed E-state index contributed by atoms with van der Waals surface area (Å²) in [7, 11) is 0. The Kier molecular flexibility index (Phi) is 2.76. The van der Waals surface area contributed by atoms with Gasteiger partial charge >= 0.3 is 0 Å². The SMILES string of the molecule is CC(C)(C)[C@H](NC(=O)C1(F)CC1)C(N)=O. The highest BCUT2D eigenvalue weighted by Crippen LogP contribution is 2.40. The number of primary amides is 1. The molecule has 1 aliphatic carbocycles. The lowest BCUT2D eigenvalue weighted by Gasteiger charge is -2.29. The first-order valence-corrected chi connectivity index (χ1v) is 4.96. The molecular weight excluding hydrogens is 199 g/mol. The van der Waals surface area contributed by atoms with Gasteiger partial charge in [0.1, 0.15) is 6.04 Å². The average molecular weight is 216 g/mol. The molecule has 0 radical (unpaired) electrons. The van der Waals surface area contributed by atoms with Crippen molar-refractivity contribution in [3.05, 3.63) is 0 Å². The van der Waals surface area contributed by atoms with Crippen molar-refractivity contribution < 1.29 is 14.0 Å². The minimum Gasteiger partial charge on any atom is -0.368 e. The predicted octanol–water partition coefficient (Wildman–Crippen LogP) is 0.505. The highest BCUT2D eigenvalue weighted by Gasteiger charge is 2.52. The Morgan fingerprint density at radius 3 is 2.13 bits per heavy atom. The molecular formula is C10H17FN2O2. The fraction of sp³-hybridized carbons (Fsp3) is 0.800. The Morgan fingerprint density at radius 1 is 1.40 bits per heavy atom. The van der Waals surface area contributed by atoms with Gasteiger partial charge in [-0.1, -0.05) is 20.8 Å². The normalized spacial score (nSPS) is 20.5. The zero-order valence-corrected chi connectivity index (χ0v) is 9.26. The van der Waals surface area contributed by atoms with Gasteiger partial charge in [-0.2, -0.15) is 0 Å². The Balaban J connectivity index is 2.68. The number of alkyl halides is 1. The van der Waals surface area contributed by atoms with Gasteiger partial charge in [0.15, 0.2) is 5.67 Å². The zero-order valence-electron chi connectivity index (χ0n) is 9.26. The van der Waals surface area contributed by atoms with Gasteiger partial charge in [-0.15, -0.1) is 0 Å². The summed E-state index contributed by atoms with van der Waals surface area (Å²) < 4.78 is 13.3. The lowest BCUT2D eigenvalue weighted by Crippen LogP contribution is -2.54. The summed E-state index contributed by atoms with van der Waals surface area (Å²) in [5, 5.41) is 2.37. The quantitative estimate of drug-likeness (QED) is 0.721. The van der Waals surface area contributed by atoms with Crippen LogP contribution in [0.1, 0.15) is 33.6 Å². The minimum atomic E-state index is -1.76. The Morgan fingerprint density at radius 2 is 1.87 bits per heavy atom. The molecule has 0 saturated heterocycles. The first kappa shape index (κ1) is 11.9. The smallest absolute Gasteiger partial charge is 0.258 e. The number of amides is 2. The number of halogens is 1. The molecule has 86 valence electrons. The van der Waals surface area contributed by atoms with Crippen molar-refractivity contribution in [3.8, 4) is 0 Å². The summed E-state index contributed by atoms with van der Waals surface area (Å²) >= 11 is 0. The van der Waals surface area contributed by atoms with E-state index in [-0.39, 0.29) is 12.8 Å². The first-order valence-electron chi connectivity index (χ1n) is 4.96. The van der Waals surface area contributed by atoms with Crippen LogP contribution in [0.5, 0.6) is 0 Å². The molecule has 2 amide bonds. The molecule has 15 heavy (non-hydrogen) atoms. The van der Waals surface area contributed by atoms with Crippen molar-refractivity contribution in [1.29, 1.82) is 0 Å². The average Bonchev–Trinajstić information content (AvgIpc) is 2.77. The van der Waals surface area contributed by atoms with Crippen LogP contribution in [0.2, 0.25) is 0 Å². The maximum atomic E-state index is 13.3. The van der Waals surface area contributed by atoms with Crippen LogP contribution >= 0.6 is 0 Å². The third kappa shape index (κ3) is 2.67. The Bertz CT molecular complexity index is 292. The maximum Gasteiger partial charge on any atom is 0.258 e. The fourth-order valence-electron chi connectivity index (χ4n) is 1.31. The molecule has 1 fully saturated rings. The summed E-state index contributed by atoms with van der Waals surface area (Å²) in [6.45, 7) is 5.29. The fourth-order valence-corrected chi connectivity index (χ4v) is 1.31. The van der Waals surface area contributed by atoms with Gasteiger partial charge in [0.05, 0.1) is 0 Å². The van der Waals surface area contributed by atoms with Crippen molar-refractivity contribution in [2.75, 3.05) is 0 Å². The molecule has 1 aliphatic rings. The van der Waals surface area contributed by atoms with Crippen LogP contribution in [0.25, 0.3) is 0 Å². The lowest BCUT2D eigenvalue weighted by atomic mass is 9.86. The van der Waals surface area contributed by atoms with Crippen LogP contribution in [0.3, 0.4) is 0 Å². The van der Waals surface area contributed by atoms with Crippen LogP contribution in [0.4, 0.5) is 4.39 Å². The molecule has 3 N–H and O–H groups in total. The van der Waals surface area contributed by atoms with E-state index in [1.807, 2.05) is 0 Å². The van der Waals surface area contributed by atoms with Crippen molar-refractivity contribution >= 4 is 11.8 Å². The maximum absolute atomic E-state index is 13.3. The van der Waals surface area contributed by atoms with Crippen LogP contribution in [-0.2, 0) is 9.59 Å². The van der Waals surface area contributed by atoms with Gasteiger partial charge in [0.25, 0.3) is 5.91 Å². The molecule has 0 unspecified atom stereocenters. The van der Waals surface area contributed by atoms with Crippen LogP contribution in [-0.4, -0.2) is 23.5 Å². The van der Waals surface area contributed by atoms with E-state index in [1.165, 1.54) is 0 Å². The second kappa shape index (κ2) is 3.47. The number of rotatable bonds is 3. The van der Waals surface area contributed by atoms with E-state index in [0.717, 1.165) is 0 Å². The molecule has 0 spiro atoms. The third-order valence-corrected chi connectivity index (χ3v) is 2.52. The molecule has 0 bridgehead atoms. The van der Waals surface area contributed by atoms with E-state index in [9.17, 15) is 14.0 Å². The summed E-state index contributed by atoms with van der Waals surface area (Å²) in [5.41, 5.74) is 2.89. The standard InChI is InChI=1S/C10H17FN2O2/c1-9(2,3)6(7(12)14)13-8(15)10(11)4-5-10/h6H,4-5H2,1-3H3,(H2,12,14)(H,13,15)/t6-/m1/s1. The Labute approximate surface area is 88.4 Å². The zero-order chi connectivity index (χ0) is 11.9. The highest BCUT2D eigenvalue weighted by atomic mass is 19.1. The lowest BCUT2D eigenvalue weighted by molar-refractivity contribution is -0.133. The first-order chi connectivity index (χ1) is 6.67. The van der Waals surface area contributed by atoms with Crippen LogP contribution in [0.15, 0.2) is 0 Å². The summed E-state index contributed by atoms with van der Waals surface area (Å²) in [5.74, 6) is -1.36. The summed E-state index contributed by atoms with van der Waals surface area (Å²) in [6, 6.07) is -0.835. The number of nitrogens with two attached hydrogens (primary N) is 1. The van der Waals surface area contributed by atoms with Gasteiger partial charge in [-0.3, -0.25) is 9.59 Å². The third-order valence-electron chi connectivity index (χ3n) is 2.52. The van der Waals surface area contributed by atoms with Gasteiger partial charge in [-0.05, 0) is 18.3 Å². The second-order valence-electron chi connectivity index (χ2n) is 5.14. The highest BCUT2D eigenvalue weighted by molar-refractivity contribution is 5.92. The Hall–Kier alpha value is -1.13. The topological polar surface area (TPSA) is 72.2 Å². The molecule has 1 atom stereocenters. The van der Waals surface area contributed by atoms with Gasteiger partial charge in [0.2, 0.25) is 5.91 Å². The van der Waals surface area contributed by atoms with E-state index >= 15 is 0 Å². The molecule has 0 aromatic carbocycles. The largest absolute Gasteiger partial charge is 0.368 e. The van der Waals surface area contributed by atoms with E-state index in [2.05, 4.69) is 5.32 Å². The van der Waals surface area contributed by atoms with Crippen molar-refractivity contribution in [3.63, 3.8) is 0 Å². The predicted molar refractivity (Wildman–Crippen MR) is 53.7 cm³/mol. The van der Waals surface area contributed by atoms with Crippen molar-refractivity contribution in [2.45, 2.75) is 45.3 Å². The van der Waals surface area contributed by atoms with Gasteiger partial charge in [-0.25, -0.2) is 4.39 Å². The number of carbonyl (C=O) groups is 2. The summed E-state index contributed by atoms with van der Waals surface area (Å²) in [4.78, 5) is 22.5. The molecule has 0 aliphatic heterocycles. The number of carbonyl (C=O) groups excluding carboxylic acids is 2. The molecule has 1 rings (SSSR count). The molecule has 1 saturated carbocycles. The van der Waals surface area contributed by atoms with E-state index in [1.54, 1.807) is 20.8 Å². The molecule has 4 nitrogen and oxygen atoms in total. The molecule has 0 aromatic rings. The van der Waals surface area contributed by atoms with Gasteiger partial charge in [0, 0.05) is 0 Å².